The van der Waals surface area contributed by atoms with Crippen molar-refractivity contribution in [1.29, 1.82) is 0 Å². The lowest BCUT2D eigenvalue weighted by atomic mass is 10.0. The van der Waals surface area contributed by atoms with Gasteiger partial charge in [0.05, 0.1) is 0 Å². The van der Waals surface area contributed by atoms with Gasteiger partial charge in [-0.1, -0.05) is 84.6 Å². The van der Waals surface area contributed by atoms with Crippen LogP contribution in [0.15, 0.2) is 11.6 Å². The van der Waals surface area contributed by atoms with Crippen LogP contribution in [0.3, 0.4) is 0 Å². The molecule has 24 heavy (non-hydrogen) atoms. The maximum Gasteiger partial charge on any atom is 0.145 e. The molecule has 0 saturated carbocycles. The first-order valence-electron chi connectivity index (χ1n) is 10.3. The van der Waals surface area contributed by atoms with E-state index in [1.165, 1.54) is 70.6 Å². The summed E-state index contributed by atoms with van der Waals surface area (Å²) >= 11 is 0. The number of allylic oxidation sites excluding steroid dienone is 2. The number of unbranched alkanes of at least 4 members (excludes halogenated alkanes) is 11. The molecule has 0 spiro atoms. The Balaban J connectivity index is 0. The molecule has 0 radical (unpaired) electrons. The van der Waals surface area contributed by atoms with E-state index in [1.54, 1.807) is 0 Å². The molecule has 0 heterocycles. The Morgan fingerprint density at radius 1 is 0.625 bits per heavy atom. The smallest absolute Gasteiger partial charge is 0.145 e. The van der Waals surface area contributed by atoms with Gasteiger partial charge in [-0.25, -0.2) is 0 Å². The van der Waals surface area contributed by atoms with Gasteiger partial charge in [0.2, 0.25) is 0 Å². The van der Waals surface area contributed by atoms with Crippen LogP contribution in [0, 0.1) is 0 Å². The van der Waals surface area contributed by atoms with Crippen LogP contribution in [0.1, 0.15) is 117 Å². The Bertz CT molecular complexity index is 282. The average molecular weight is 339 g/mol. The summed E-state index contributed by atoms with van der Waals surface area (Å²) in [6, 6.07) is 0. The normalized spacial score (nSPS) is 10.9. The molecule has 0 saturated heterocycles. The summed E-state index contributed by atoms with van der Waals surface area (Å²) in [5.41, 5.74) is 1.03. The first-order valence-corrected chi connectivity index (χ1v) is 10.3. The van der Waals surface area contributed by atoms with E-state index in [-0.39, 0.29) is 0 Å². The molecule has 2 nitrogen and oxygen atoms in total. The highest BCUT2D eigenvalue weighted by Crippen LogP contribution is 2.12. The average Bonchev–Trinajstić information content (AvgIpc) is 2.60. The topological polar surface area (TPSA) is 34.1 Å². The van der Waals surface area contributed by atoms with Crippen LogP contribution in [0.25, 0.3) is 0 Å². The third-order valence-corrected chi connectivity index (χ3v) is 4.09. The Morgan fingerprint density at radius 3 is 1.62 bits per heavy atom. The van der Waals surface area contributed by atoms with Gasteiger partial charge in [-0.2, -0.15) is 0 Å². The Labute approximate surface area is 151 Å². The van der Waals surface area contributed by atoms with Gasteiger partial charge in [0.15, 0.2) is 0 Å². The molecule has 0 aliphatic carbocycles. The molecular formula is C22H42O2. The van der Waals surface area contributed by atoms with E-state index in [9.17, 15) is 9.59 Å². The van der Waals surface area contributed by atoms with Crippen LogP contribution in [-0.2, 0) is 9.59 Å². The lowest BCUT2D eigenvalue weighted by Gasteiger charge is -2.02. The van der Waals surface area contributed by atoms with Crippen LogP contribution in [0.5, 0.6) is 0 Å². The number of hydrogen-bond acceptors (Lipinski definition) is 2. The summed E-state index contributed by atoms with van der Waals surface area (Å²) in [7, 11) is 0. The summed E-state index contributed by atoms with van der Waals surface area (Å²) < 4.78 is 0. The highest BCUT2D eigenvalue weighted by Gasteiger charge is 1.96. The van der Waals surface area contributed by atoms with Crippen molar-refractivity contribution in [3.8, 4) is 0 Å². The van der Waals surface area contributed by atoms with Gasteiger partial charge in [-0.3, -0.25) is 4.79 Å². The Hall–Kier alpha value is -0.920. The summed E-state index contributed by atoms with van der Waals surface area (Å²) in [6.07, 6.45) is 22.3. The molecule has 0 aliphatic heterocycles. The minimum Gasteiger partial charge on any atom is -0.303 e. The fourth-order valence-corrected chi connectivity index (χ4v) is 2.47. The van der Waals surface area contributed by atoms with E-state index in [0.717, 1.165) is 37.4 Å². The summed E-state index contributed by atoms with van der Waals surface area (Å²) in [4.78, 5) is 20.4. The van der Waals surface area contributed by atoms with Crippen molar-refractivity contribution >= 4 is 12.6 Å². The summed E-state index contributed by atoms with van der Waals surface area (Å²) in [6.45, 7) is 6.47. The summed E-state index contributed by atoms with van der Waals surface area (Å²) in [5, 5.41) is 0. The minimum atomic E-state index is 0.708. The molecule has 0 fully saturated rings. The molecule has 0 aromatic carbocycles. The zero-order valence-corrected chi connectivity index (χ0v) is 16.7. The Kier molecular flexibility index (Phi) is 25.7. The second-order valence-corrected chi connectivity index (χ2v) is 6.57. The van der Waals surface area contributed by atoms with E-state index in [2.05, 4.69) is 19.9 Å². The van der Waals surface area contributed by atoms with Crippen molar-refractivity contribution in [2.24, 2.45) is 0 Å². The fourth-order valence-electron chi connectivity index (χ4n) is 2.47. The fraction of sp³-hybridized carbons (Fsp3) is 0.818. The molecule has 0 unspecified atom stereocenters. The van der Waals surface area contributed by atoms with Gasteiger partial charge in [-0.05, 0) is 37.7 Å². The van der Waals surface area contributed by atoms with Gasteiger partial charge in [-0.15, -0.1) is 0 Å². The van der Waals surface area contributed by atoms with E-state index in [1.807, 2.05) is 6.92 Å². The van der Waals surface area contributed by atoms with Crippen molar-refractivity contribution in [2.45, 2.75) is 117 Å². The van der Waals surface area contributed by atoms with E-state index in [4.69, 9.17) is 0 Å². The second kappa shape index (κ2) is 24.3. The molecule has 0 aromatic rings. The lowest BCUT2D eigenvalue weighted by molar-refractivity contribution is -0.108. The minimum absolute atomic E-state index is 0.708. The van der Waals surface area contributed by atoms with E-state index >= 15 is 0 Å². The molecule has 0 amide bonds. The van der Waals surface area contributed by atoms with Crippen molar-refractivity contribution in [3.63, 3.8) is 0 Å². The van der Waals surface area contributed by atoms with Gasteiger partial charge in [0.1, 0.15) is 12.6 Å². The van der Waals surface area contributed by atoms with Crippen LogP contribution < -0.4 is 0 Å². The number of hydrogen-bond donors (Lipinski definition) is 0. The Morgan fingerprint density at radius 2 is 1.17 bits per heavy atom. The van der Waals surface area contributed by atoms with Crippen LogP contribution >= 0.6 is 0 Å². The highest BCUT2D eigenvalue weighted by atomic mass is 16.1. The van der Waals surface area contributed by atoms with E-state index < -0.39 is 0 Å². The quantitative estimate of drug-likeness (QED) is 0.169. The monoisotopic (exact) mass is 338 g/mol. The van der Waals surface area contributed by atoms with Gasteiger partial charge in [0.25, 0.3) is 0 Å². The standard InChI is InChI=1S/C18H34O.C4H8O/c1-3-5-7-9-11-13-15-18(17-19)16-14-12-10-8-6-4-2;1-2-3-4-5/h15,17H,3-14,16H2,1-2H3;4H,2-3H2,1H3. The molecular weight excluding hydrogens is 296 g/mol. The predicted octanol–water partition coefficient (Wildman–Crippen LogP) is 7.21. The third kappa shape index (κ3) is 23.3. The van der Waals surface area contributed by atoms with Gasteiger partial charge >= 0.3 is 0 Å². The zero-order valence-electron chi connectivity index (χ0n) is 16.7. The van der Waals surface area contributed by atoms with Crippen molar-refractivity contribution < 1.29 is 9.59 Å². The highest BCUT2D eigenvalue weighted by molar-refractivity contribution is 5.72. The first kappa shape index (κ1) is 25.3. The first-order chi connectivity index (χ1) is 11.8. The number of carbonyl (C=O) groups excluding carboxylic acids is 2. The van der Waals surface area contributed by atoms with Crippen molar-refractivity contribution in [2.75, 3.05) is 0 Å². The number of rotatable bonds is 16. The van der Waals surface area contributed by atoms with Crippen molar-refractivity contribution in [1.82, 2.24) is 0 Å². The number of aldehydes is 2. The molecule has 0 rings (SSSR count). The molecule has 0 aliphatic rings. The molecule has 2 heteroatoms. The van der Waals surface area contributed by atoms with Crippen LogP contribution in [-0.4, -0.2) is 12.6 Å². The lowest BCUT2D eigenvalue weighted by Crippen LogP contribution is -1.87. The molecule has 0 aromatic heterocycles. The zero-order chi connectivity index (χ0) is 18.3. The second-order valence-electron chi connectivity index (χ2n) is 6.57. The molecule has 142 valence electrons. The maximum absolute atomic E-state index is 11.0. The molecule has 0 atom stereocenters. The van der Waals surface area contributed by atoms with Gasteiger partial charge in [0, 0.05) is 6.42 Å². The van der Waals surface area contributed by atoms with Crippen LogP contribution in [0.4, 0.5) is 0 Å². The third-order valence-electron chi connectivity index (χ3n) is 4.09. The maximum atomic E-state index is 11.0. The van der Waals surface area contributed by atoms with Crippen molar-refractivity contribution in [3.05, 3.63) is 11.6 Å². The summed E-state index contributed by atoms with van der Waals surface area (Å²) in [5.74, 6) is 0. The van der Waals surface area contributed by atoms with Crippen LogP contribution in [0.2, 0.25) is 0 Å². The molecule has 0 bridgehead atoms. The largest absolute Gasteiger partial charge is 0.303 e. The van der Waals surface area contributed by atoms with E-state index in [0.29, 0.717) is 6.42 Å². The van der Waals surface area contributed by atoms with Gasteiger partial charge < -0.3 is 4.79 Å². The molecule has 0 N–H and O–H groups in total. The predicted molar refractivity (Wildman–Crippen MR) is 106 cm³/mol. The SMILES string of the molecule is CCCC=O.CCCCCCCC=C(C=O)CCCCCCCC. The number of carbonyl (C=O) groups is 2.